The maximum Gasteiger partial charge on any atom is 0.265 e. The van der Waals surface area contributed by atoms with Crippen molar-refractivity contribution < 1.29 is 17.5 Å². The van der Waals surface area contributed by atoms with Crippen molar-refractivity contribution in [2.24, 2.45) is 0 Å². The summed E-state index contributed by atoms with van der Waals surface area (Å²) < 4.78 is 33.8. The van der Waals surface area contributed by atoms with Gasteiger partial charge in [-0.05, 0) is 30.2 Å². The van der Waals surface area contributed by atoms with Crippen LogP contribution in [0.5, 0.6) is 0 Å². The van der Waals surface area contributed by atoms with Gasteiger partial charge in [0.1, 0.15) is 4.70 Å². The highest BCUT2D eigenvalue weighted by Gasteiger charge is 2.20. The molecule has 22 heavy (non-hydrogen) atoms. The van der Waals surface area contributed by atoms with Gasteiger partial charge in [0.15, 0.2) is 6.54 Å². The van der Waals surface area contributed by atoms with E-state index in [-0.39, 0.29) is 5.75 Å². The molecule has 2 rings (SSSR count). The first kappa shape index (κ1) is 17.7. The lowest BCUT2D eigenvalue weighted by Crippen LogP contribution is -2.36. The van der Waals surface area contributed by atoms with Crippen molar-refractivity contribution in [3.05, 3.63) is 33.1 Å². The molecule has 0 saturated heterocycles. The number of hydrogen-bond donors (Lipinski definition) is 1. The summed E-state index contributed by atoms with van der Waals surface area (Å²) in [6.45, 7) is 2.54. The molecule has 0 atom stereocenters. The summed E-state index contributed by atoms with van der Waals surface area (Å²) in [5, 5.41) is 1.69. The number of hydrogen-bond acceptors (Lipinski definition) is 4. The Bertz CT molecular complexity index is 812. The van der Waals surface area contributed by atoms with Gasteiger partial charge in [-0.15, -0.1) is 11.8 Å². The summed E-state index contributed by atoms with van der Waals surface area (Å²) in [5.74, 6) is -0.247. The van der Waals surface area contributed by atoms with Crippen molar-refractivity contribution in [2.45, 2.75) is 19.9 Å². The highest BCUT2D eigenvalue weighted by atomic mass is 35.5. The van der Waals surface area contributed by atoms with Crippen LogP contribution in [0.1, 0.15) is 18.4 Å². The van der Waals surface area contributed by atoms with Crippen LogP contribution in [-0.4, -0.2) is 25.0 Å². The van der Waals surface area contributed by atoms with Gasteiger partial charge < -0.3 is 0 Å². The third-order valence-electron chi connectivity index (χ3n) is 3.13. The van der Waals surface area contributed by atoms with E-state index >= 15 is 0 Å². The second-order valence-electron chi connectivity index (χ2n) is 4.80. The number of rotatable bonds is 6. The van der Waals surface area contributed by atoms with E-state index in [2.05, 4.69) is 10.6 Å². The van der Waals surface area contributed by atoms with Crippen LogP contribution in [0.15, 0.2) is 23.1 Å². The molecule has 0 spiro atoms. The molecule has 1 N–H and O–H groups in total. The Labute approximate surface area is 143 Å². The van der Waals surface area contributed by atoms with Gasteiger partial charge in [-0.1, -0.05) is 22.9 Å². The fourth-order valence-electron chi connectivity index (χ4n) is 2.05. The minimum Gasteiger partial charge on any atom is -0.286 e. The molecule has 0 aliphatic rings. The lowest BCUT2D eigenvalue weighted by Gasteiger charge is -1.98. The van der Waals surface area contributed by atoms with Crippen LogP contribution in [0.4, 0.5) is 0 Å². The van der Waals surface area contributed by atoms with Crippen molar-refractivity contribution in [1.82, 2.24) is 0 Å². The smallest absolute Gasteiger partial charge is 0.265 e. The van der Waals surface area contributed by atoms with Gasteiger partial charge in [0, 0.05) is 23.6 Å². The van der Waals surface area contributed by atoms with Crippen molar-refractivity contribution in [1.29, 1.82) is 0 Å². The predicted molar refractivity (Wildman–Crippen MR) is 95.2 cm³/mol. The SMILES string of the molecule is CSC(C)=Cc1sc2ccc(Cl)cc2[n+]1CCCS(=O)(=O)O. The van der Waals surface area contributed by atoms with Gasteiger partial charge in [0.2, 0.25) is 5.52 Å². The average Bonchev–Trinajstić information content (AvgIpc) is 2.75. The molecule has 0 radical (unpaired) electrons. The number of aromatic nitrogens is 1. The summed E-state index contributed by atoms with van der Waals surface area (Å²) in [6.07, 6.45) is 4.44. The van der Waals surface area contributed by atoms with Crippen molar-refractivity contribution in [3.63, 3.8) is 0 Å². The van der Waals surface area contributed by atoms with Crippen LogP contribution in [0.25, 0.3) is 16.3 Å². The number of benzene rings is 1. The lowest BCUT2D eigenvalue weighted by molar-refractivity contribution is -0.668. The molecule has 0 unspecified atom stereocenters. The zero-order valence-electron chi connectivity index (χ0n) is 12.2. The summed E-state index contributed by atoms with van der Waals surface area (Å²) in [6, 6.07) is 5.69. The normalized spacial score (nSPS) is 13.0. The van der Waals surface area contributed by atoms with Crippen LogP contribution >= 0.6 is 34.7 Å². The summed E-state index contributed by atoms with van der Waals surface area (Å²) >= 11 is 9.37. The fraction of sp³-hybridized carbons (Fsp3) is 0.357. The second-order valence-corrected chi connectivity index (χ2v) is 8.93. The molecule has 2 aromatic rings. The molecule has 1 aromatic carbocycles. The van der Waals surface area contributed by atoms with Crippen LogP contribution in [-0.2, 0) is 16.7 Å². The van der Waals surface area contributed by atoms with Gasteiger partial charge in [-0.3, -0.25) is 4.55 Å². The van der Waals surface area contributed by atoms with Gasteiger partial charge in [0.05, 0.1) is 5.75 Å². The van der Waals surface area contributed by atoms with E-state index in [4.69, 9.17) is 16.2 Å². The van der Waals surface area contributed by atoms with Crippen molar-refractivity contribution in [2.75, 3.05) is 12.0 Å². The van der Waals surface area contributed by atoms with Gasteiger partial charge in [0.25, 0.3) is 15.1 Å². The Morgan fingerprint density at radius 3 is 2.86 bits per heavy atom. The summed E-state index contributed by atoms with van der Waals surface area (Å²) in [4.78, 5) is 1.17. The Hall–Kier alpha value is -0.600. The molecular formula is C14H17ClNO3S3+. The molecular weight excluding hydrogens is 362 g/mol. The highest BCUT2D eigenvalue weighted by Crippen LogP contribution is 2.26. The molecule has 120 valence electrons. The average molecular weight is 379 g/mol. The maximum absolute atomic E-state index is 10.9. The first-order valence-corrected chi connectivity index (χ1v) is 10.6. The minimum absolute atomic E-state index is 0.247. The first-order chi connectivity index (χ1) is 10.3. The van der Waals surface area contributed by atoms with E-state index < -0.39 is 10.1 Å². The van der Waals surface area contributed by atoms with Crippen LogP contribution in [0, 0.1) is 0 Å². The summed E-state index contributed by atoms with van der Waals surface area (Å²) in [5.41, 5.74) is 0.980. The molecule has 4 nitrogen and oxygen atoms in total. The van der Waals surface area contributed by atoms with Gasteiger partial charge in [-0.25, -0.2) is 0 Å². The van der Waals surface area contributed by atoms with E-state index in [0.29, 0.717) is 18.0 Å². The molecule has 0 saturated carbocycles. The van der Waals surface area contributed by atoms with E-state index in [9.17, 15) is 8.42 Å². The number of halogens is 1. The summed E-state index contributed by atoms with van der Waals surface area (Å²) in [7, 11) is -3.93. The zero-order valence-corrected chi connectivity index (χ0v) is 15.4. The van der Waals surface area contributed by atoms with Crippen LogP contribution < -0.4 is 4.57 Å². The molecule has 1 heterocycles. The number of thioether (sulfide) groups is 1. The number of allylic oxidation sites excluding steroid dienone is 1. The first-order valence-electron chi connectivity index (χ1n) is 6.59. The topological polar surface area (TPSA) is 58.2 Å². The van der Waals surface area contributed by atoms with E-state index in [0.717, 1.165) is 15.2 Å². The van der Waals surface area contributed by atoms with E-state index in [1.807, 2.05) is 31.4 Å². The van der Waals surface area contributed by atoms with E-state index in [1.165, 1.54) is 4.91 Å². The Morgan fingerprint density at radius 1 is 1.50 bits per heavy atom. The largest absolute Gasteiger partial charge is 0.286 e. The molecule has 8 heteroatoms. The lowest BCUT2D eigenvalue weighted by atomic mass is 10.3. The predicted octanol–water partition coefficient (Wildman–Crippen LogP) is 3.84. The second kappa shape index (κ2) is 7.31. The monoisotopic (exact) mass is 378 g/mol. The standard InChI is InChI=1S/C14H16ClNO3S3/c1-10(20-2)8-14-16(6-3-7-22(17,18)19)12-9-11(15)4-5-13(12)21-14/h4-5,8-9H,3,6-7H2,1-2H3/p+1. The highest BCUT2D eigenvalue weighted by molar-refractivity contribution is 8.02. The van der Waals surface area contributed by atoms with E-state index in [1.54, 1.807) is 23.1 Å². The molecule has 0 aliphatic carbocycles. The minimum atomic E-state index is -3.93. The third kappa shape index (κ3) is 4.70. The quantitative estimate of drug-likeness (QED) is 0.612. The van der Waals surface area contributed by atoms with Crippen molar-refractivity contribution >= 4 is 61.1 Å². The van der Waals surface area contributed by atoms with Crippen LogP contribution in [0.3, 0.4) is 0 Å². The zero-order chi connectivity index (χ0) is 16.3. The number of nitrogens with zero attached hydrogens (tertiary/aromatic N) is 1. The maximum atomic E-state index is 10.9. The third-order valence-corrected chi connectivity index (χ3v) is 6.04. The molecule has 0 aliphatic heterocycles. The fourth-order valence-corrected chi connectivity index (χ4v) is 4.19. The molecule has 0 amide bonds. The number of aryl methyl sites for hydroxylation is 1. The Balaban J connectivity index is 2.42. The van der Waals surface area contributed by atoms with Gasteiger partial charge >= 0.3 is 0 Å². The Kier molecular flexibility index (Phi) is 5.90. The number of fused-ring (bicyclic) bond motifs is 1. The molecule has 1 aromatic heterocycles. The van der Waals surface area contributed by atoms with Gasteiger partial charge in [-0.2, -0.15) is 13.0 Å². The molecule has 0 fully saturated rings. The van der Waals surface area contributed by atoms with Crippen molar-refractivity contribution in [3.8, 4) is 0 Å². The number of thiazole rings is 1. The van der Waals surface area contributed by atoms with Crippen LogP contribution in [0.2, 0.25) is 5.02 Å². The molecule has 0 bridgehead atoms. The Morgan fingerprint density at radius 2 is 2.23 bits per heavy atom.